The van der Waals surface area contributed by atoms with Crippen molar-refractivity contribution in [2.45, 2.75) is 50.2 Å². The van der Waals surface area contributed by atoms with Crippen molar-refractivity contribution in [3.63, 3.8) is 0 Å². The van der Waals surface area contributed by atoms with Gasteiger partial charge in [-0.25, -0.2) is 0 Å². The molecule has 0 amide bonds. The molecule has 0 heterocycles. The zero-order chi connectivity index (χ0) is 14.0. The molecule has 2 N–H and O–H groups in total. The first kappa shape index (κ1) is 14.7. The van der Waals surface area contributed by atoms with Gasteiger partial charge in [0.25, 0.3) is 0 Å². The van der Waals surface area contributed by atoms with Crippen LogP contribution in [0, 0.1) is 5.92 Å². The second kappa shape index (κ2) is 6.19. The van der Waals surface area contributed by atoms with Crippen LogP contribution in [-0.2, 0) is 6.42 Å². The highest BCUT2D eigenvalue weighted by molar-refractivity contribution is 8.00. The Morgan fingerprint density at radius 2 is 2.05 bits per heavy atom. The molecule has 1 aromatic rings. The fraction of sp³-hybridized carbons (Fsp3) is 0.625. The zero-order valence-corrected chi connectivity index (χ0v) is 13.2. The van der Waals surface area contributed by atoms with Crippen molar-refractivity contribution in [1.82, 2.24) is 0 Å². The minimum atomic E-state index is 0.130. The van der Waals surface area contributed by atoms with Gasteiger partial charge in [-0.05, 0) is 42.0 Å². The summed E-state index contributed by atoms with van der Waals surface area (Å²) < 4.78 is 5.32. The fourth-order valence-corrected chi connectivity index (χ4v) is 3.94. The van der Waals surface area contributed by atoms with Crippen molar-refractivity contribution in [1.29, 1.82) is 0 Å². The van der Waals surface area contributed by atoms with E-state index in [2.05, 4.69) is 32.9 Å². The Morgan fingerprint density at radius 3 is 2.68 bits per heavy atom. The Kier molecular flexibility index (Phi) is 4.80. The van der Waals surface area contributed by atoms with Gasteiger partial charge in [-0.3, -0.25) is 0 Å². The van der Waals surface area contributed by atoms with E-state index >= 15 is 0 Å². The van der Waals surface area contributed by atoms with Crippen LogP contribution in [0.3, 0.4) is 0 Å². The van der Waals surface area contributed by atoms with Crippen LogP contribution < -0.4 is 10.5 Å². The Morgan fingerprint density at radius 1 is 1.32 bits per heavy atom. The van der Waals surface area contributed by atoms with Crippen molar-refractivity contribution in [3.05, 3.63) is 29.3 Å². The molecule has 2 rings (SSSR count). The Bertz CT molecular complexity index is 433. The topological polar surface area (TPSA) is 35.2 Å². The van der Waals surface area contributed by atoms with Crippen LogP contribution in [-0.4, -0.2) is 17.6 Å². The van der Waals surface area contributed by atoms with Gasteiger partial charge < -0.3 is 10.5 Å². The standard InChI is InChI=1S/C16H25NOS/c1-10(2)11(3)19-15-8-6-12-5-7-13(18-4)9-14(12)16(15)17/h5,7,9-11,15-16H,6,8,17H2,1-4H3. The van der Waals surface area contributed by atoms with Gasteiger partial charge in [0.1, 0.15) is 5.75 Å². The molecule has 3 unspecified atom stereocenters. The van der Waals surface area contributed by atoms with Crippen LogP contribution in [0.25, 0.3) is 0 Å². The van der Waals surface area contributed by atoms with Gasteiger partial charge in [0.15, 0.2) is 0 Å². The van der Waals surface area contributed by atoms with Crippen LogP contribution in [0.5, 0.6) is 5.75 Å². The largest absolute Gasteiger partial charge is 0.497 e. The van der Waals surface area contributed by atoms with Gasteiger partial charge >= 0.3 is 0 Å². The summed E-state index contributed by atoms with van der Waals surface area (Å²) in [6.07, 6.45) is 2.32. The van der Waals surface area contributed by atoms with E-state index in [-0.39, 0.29) is 6.04 Å². The van der Waals surface area contributed by atoms with Crippen LogP contribution in [0.1, 0.15) is 44.4 Å². The third-order valence-corrected chi connectivity index (χ3v) is 5.99. The maximum absolute atomic E-state index is 6.49. The summed E-state index contributed by atoms with van der Waals surface area (Å²) in [6, 6.07) is 6.45. The first-order valence-corrected chi connectivity index (χ1v) is 8.05. The van der Waals surface area contributed by atoms with Gasteiger partial charge in [0.2, 0.25) is 0 Å². The zero-order valence-electron chi connectivity index (χ0n) is 12.3. The quantitative estimate of drug-likeness (QED) is 0.911. The van der Waals surface area contributed by atoms with Crippen molar-refractivity contribution < 1.29 is 4.74 Å². The third-order valence-electron chi connectivity index (χ3n) is 4.14. The Hall–Kier alpha value is -0.670. The molecular weight excluding hydrogens is 254 g/mol. The lowest BCUT2D eigenvalue weighted by Crippen LogP contribution is -2.31. The smallest absolute Gasteiger partial charge is 0.119 e. The maximum Gasteiger partial charge on any atom is 0.119 e. The molecule has 3 atom stereocenters. The molecule has 0 radical (unpaired) electrons. The molecule has 1 aliphatic carbocycles. The van der Waals surface area contributed by atoms with E-state index in [1.54, 1.807) is 7.11 Å². The van der Waals surface area contributed by atoms with Crippen molar-refractivity contribution in [2.24, 2.45) is 11.7 Å². The molecule has 1 aromatic carbocycles. The highest BCUT2D eigenvalue weighted by Gasteiger charge is 2.29. The molecular formula is C16H25NOS. The number of hydrogen-bond acceptors (Lipinski definition) is 3. The summed E-state index contributed by atoms with van der Waals surface area (Å²) >= 11 is 2.05. The predicted molar refractivity (Wildman–Crippen MR) is 83.9 cm³/mol. The molecule has 0 fully saturated rings. The van der Waals surface area contributed by atoms with E-state index in [0.29, 0.717) is 16.4 Å². The number of ether oxygens (including phenoxy) is 1. The minimum absolute atomic E-state index is 0.130. The summed E-state index contributed by atoms with van der Waals surface area (Å²) in [7, 11) is 1.71. The summed E-state index contributed by atoms with van der Waals surface area (Å²) in [6.45, 7) is 6.87. The SMILES string of the molecule is COc1ccc2c(c1)C(N)C(SC(C)C(C)C)CC2. The van der Waals surface area contributed by atoms with E-state index in [1.807, 2.05) is 17.8 Å². The molecule has 0 aliphatic heterocycles. The average molecular weight is 279 g/mol. The number of methoxy groups -OCH3 is 1. The number of aryl methyl sites for hydroxylation is 1. The van der Waals surface area contributed by atoms with Crippen LogP contribution in [0.15, 0.2) is 18.2 Å². The normalized spacial score (nSPS) is 24.1. The van der Waals surface area contributed by atoms with E-state index in [9.17, 15) is 0 Å². The molecule has 0 saturated heterocycles. The molecule has 3 heteroatoms. The predicted octanol–water partition coefficient (Wildman–Crippen LogP) is 3.79. The van der Waals surface area contributed by atoms with Crippen LogP contribution >= 0.6 is 11.8 Å². The van der Waals surface area contributed by atoms with Gasteiger partial charge in [-0.15, -0.1) is 0 Å². The van der Waals surface area contributed by atoms with Gasteiger partial charge in [0, 0.05) is 16.5 Å². The number of rotatable bonds is 4. The monoisotopic (exact) mass is 279 g/mol. The van der Waals surface area contributed by atoms with E-state index in [0.717, 1.165) is 12.2 Å². The van der Waals surface area contributed by atoms with E-state index in [1.165, 1.54) is 17.5 Å². The Balaban J connectivity index is 2.16. The highest BCUT2D eigenvalue weighted by atomic mass is 32.2. The average Bonchev–Trinajstić information content (AvgIpc) is 2.41. The molecule has 0 saturated carbocycles. The second-order valence-corrected chi connectivity index (χ2v) is 7.37. The van der Waals surface area contributed by atoms with Gasteiger partial charge in [-0.1, -0.05) is 26.8 Å². The molecule has 19 heavy (non-hydrogen) atoms. The highest BCUT2D eigenvalue weighted by Crippen LogP contribution is 2.39. The van der Waals surface area contributed by atoms with Crippen molar-refractivity contribution in [2.75, 3.05) is 7.11 Å². The lowest BCUT2D eigenvalue weighted by molar-refractivity contribution is 0.412. The van der Waals surface area contributed by atoms with E-state index < -0.39 is 0 Å². The number of benzene rings is 1. The molecule has 0 bridgehead atoms. The summed E-state index contributed by atoms with van der Waals surface area (Å²) in [5, 5.41) is 1.18. The molecule has 106 valence electrons. The summed E-state index contributed by atoms with van der Waals surface area (Å²) in [5.74, 6) is 1.61. The fourth-order valence-electron chi connectivity index (χ4n) is 2.50. The minimum Gasteiger partial charge on any atom is -0.497 e. The lowest BCUT2D eigenvalue weighted by atomic mass is 9.87. The van der Waals surface area contributed by atoms with Crippen LogP contribution in [0.4, 0.5) is 0 Å². The maximum atomic E-state index is 6.49. The number of nitrogens with two attached hydrogens (primary N) is 1. The molecule has 1 aliphatic rings. The summed E-state index contributed by atoms with van der Waals surface area (Å²) in [4.78, 5) is 0. The van der Waals surface area contributed by atoms with Crippen molar-refractivity contribution in [3.8, 4) is 5.75 Å². The summed E-state index contributed by atoms with van der Waals surface area (Å²) in [5.41, 5.74) is 9.15. The third kappa shape index (κ3) is 3.26. The number of hydrogen-bond donors (Lipinski definition) is 1. The molecule has 2 nitrogen and oxygen atoms in total. The molecule has 0 aromatic heterocycles. The lowest BCUT2D eigenvalue weighted by Gasteiger charge is -2.33. The van der Waals surface area contributed by atoms with Gasteiger partial charge in [-0.2, -0.15) is 11.8 Å². The molecule has 0 spiro atoms. The first-order valence-electron chi connectivity index (χ1n) is 7.10. The number of thioether (sulfide) groups is 1. The van der Waals surface area contributed by atoms with E-state index in [4.69, 9.17) is 10.5 Å². The Labute approximate surface area is 121 Å². The van der Waals surface area contributed by atoms with Gasteiger partial charge in [0.05, 0.1) is 7.11 Å². The van der Waals surface area contributed by atoms with Crippen molar-refractivity contribution >= 4 is 11.8 Å². The second-order valence-electron chi connectivity index (χ2n) is 5.75. The first-order chi connectivity index (χ1) is 9.02. The van der Waals surface area contributed by atoms with Crippen LogP contribution in [0.2, 0.25) is 0 Å². The number of fused-ring (bicyclic) bond motifs is 1.